The Labute approximate surface area is 210 Å². The average molecular weight is 511 g/mol. The molecule has 7 nitrogen and oxygen atoms in total. The van der Waals surface area contributed by atoms with Crippen molar-refractivity contribution in [3.05, 3.63) is 83.7 Å². The molecule has 0 aromatic heterocycles. The van der Waals surface area contributed by atoms with E-state index in [9.17, 15) is 22.9 Å². The van der Waals surface area contributed by atoms with Crippen molar-refractivity contribution in [1.29, 1.82) is 5.26 Å². The third kappa shape index (κ3) is 6.90. The second kappa shape index (κ2) is 10.9. The van der Waals surface area contributed by atoms with Crippen molar-refractivity contribution in [3.63, 3.8) is 0 Å². The fourth-order valence-electron chi connectivity index (χ4n) is 3.42. The number of carbonyl (C=O) groups is 1. The number of sulfonamides is 1. The SMILES string of the molecule is CN(Cc1ccc(OCC(=O)OC(C)(C)C)c(-c2cccc(C#N)c2)c1)S(=O)(=O)c1ccc(F)cc1. The van der Waals surface area contributed by atoms with Gasteiger partial charge in [-0.2, -0.15) is 9.57 Å². The van der Waals surface area contributed by atoms with Crippen molar-refractivity contribution in [3.8, 4) is 22.9 Å². The fourth-order valence-corrected chi connectivity index (χ4v) is 4.58. The Kier molecular flexibility index (Phi) is 8.13. The molecule has 0 radical (unpaired) electrons. The summed E-state index contributed by atoms with van der Waals surface area (Å²) in [6, 6.07) is 18.7. The summed E-state index contributed by atoms with van der Waals surface area (Å²) < 4.78 is 51.3. The summed E-state index contributed by atoms with van der Waals surface area (Å²) in [5, 5.41) is 9.31. The number of esters is 1. The number of nitriles is 1. The van der Waals surface area contributed by atoms with Crippen molar-refractivity contribution in [2.24, 2.45) is 0 Å². The molecule has 0 saturated heterocycles. The van der Waals surface area contributed by atoms with E-state index in [1.165, 1.54) is 19.2 Å². The molecule has 0 fully saturated rings. The van der Waals surface area contributed by atoms with Crippen molar-refractivity contribution in [1.82, 2.24) is 4.31 Å². The first-order valence-electron chi connectivity index (χ1n) is 11.1. The lowest BCUT2D eigenvalue weighted by Crippen LogP contribution is -2.27. The minimum atomic E-state index is -3.86. The predicted octanol–water partition coefficient (Wildman–Crippen LogP) is 4.91. The third-order valence-corrected chi connectivity index (χ3v) is 6.86. The number of hydrogen-bond acceptors (Lipinski definition) is 6. The first-order chi connectivity index (χ1) is 16.9. The predicted molar refractivity (Wildman–Crippen MR) is 133 cm³/mol. The highest BCUT2D eigenvalue weighted by atomic mass is 32.2. The minimum Gasteiger partial charge on any atom is -0.481 e. The first-order valence-corrected chi connectivity index (χ1v) is 12.5. The monoisotopic (exact) mass is 510 g/mol. The van der Waals surface area contributed by atoms with Crippen molar-refractivity contribution in [2.75, 3.05) is 13.7 Å². The lowest BCUT2D eigenvalue weighted by molar-refractivity contribution is -0.157. The van der Waals surface area contributed by atoms with Crippen LogP contribution in [-0.4, -0.2) is 37.9 Å². The van der Waals surface area contributed by atoms with E-state index in [1.807, 2.05) is 0 Å². The summed E-state index contributed by atoms with van der Waals surface area (Å²) in [6.07, 6.45) is 0. The molecule has 0 aliphatic carbocycles. The quantitative estimate of drug-likeness (QED) is 0.400. The maximum absolute atomic E-state index is 13.2. The van der Waals surface area contributed by atoms with E-state index < -0.39 is 27.4 Å². The van der Waals surface area contributed by atoms with E-state index in [0.29, 0.717) is 28.0 Å². The van der Waals surface area contributed by atoms with E-state index in [4.69, 9.17) is 9.47 Å². The third-order valence-electron chi connectivity index (χ3n) is 5.04. The molecule has 3 aromatic carbocycles. The Morgan fingerprint density at radius 1 is 1.06 bits per heavy atom. The molecule has 0 aliphatic rings. The van der Waals surface area contributed by atoms with Gasteiger partial charge in [-0.05, 0) is 80.4 Å². The Morgan fingerprint density at radius 3 is 2.39 bits per heavy atom. The summed E-state index contributed by atoms with van der Waals surface area (Å²) in [7, 11) is -2.43. The summed E-state index contributed by atoms with van der Waals surface area (Å²) in [5.74, 6) is -0.681. The van der Waals surface area contributed by atoms with E-state index in [2.05, 4.69) is 6.07 Å². The maximum atomic E-state index is 13.2. The topological polar surface area (TPSA) is 96.7 Å². The number of halogens is 1. The second-order valence-corrected chi connectivity index (χ2v) is 11.2. The molecule has 0 spiro atoms. The van der Waals surface area contributed by atoms with Crippen LogP contribution in [0.4, 0.5) is 4.39 Å². The van der Waals surface area contributed by atoms with Crippen LogP contribution in [0, 0.1) is 17.1 Å². The molecule has 0 N–H and O–H groups in total. The van der Waals surface area contributed by atoms with E-state index in [0.717, 1.165) is 16.4 Å². The molecule has 36 heavy (non-hydrogen) atoms. The molecular formula is C27H27FN2O5S. The summed E-state index contributed by atoms with van der Waals surface area (Å²) in [4.78, 5) is 12.1. The van der Waals surface area contributed by atoms with Crippen LogP contribution in [0.15, 0.2) is 71.6 Å². The van der Waals surface area contributed by atoms with Gasteiger partial charge >= 0.3 is 5.97 Å². The van der Waals surface area contributed by atoms with Gasteiger partial charge in [0.1, 0.15) is 17.2 Å². The van der Waals surface area contributed by atoms with Crippen molar-refractivity contribution < 1.29 is 27.1 Å². The zero-order valence-electron chi connectivity index (χ0n) is 20.5. The van der Waals surface area contributed by atoms with Gasteiger partial charge in [0, 0.05) is 19.2 Å². The summed E-state index contributed by atoms with van der Waals surface area (Å²) in [6.45, 7) is 4.98. The zero-order chi connectivity index (χ0) is 26.5. The van der Waals surface area contributed by atoms with Gasteiger partial charge in [0.15, 0.2) is 6.61 Å². The molecule has 0 bridgehead atoms. The molecule has 188 valence electrons. The van der Waals surface area contributed by atoms with Crippen LogP contribution in [0.25, 0.3) is 11.1 Å². The fraction of sp³-hybridized carbons (Fsp3) is 0.259. The normalized spacial score (nSPS) is 11.7. The van der Waals surface area contributed by atoms with Crippen LogP contribution in [0.1, 0.15) is 31.9 Å². The Balaban J connectivity index is 1.91. The van der Waals surface area contributed by atoms with Gasteiger partial charge in [-0.3, -0.25) is 0 Å². The Morgan fingerprint density at radius 2 is 1.75 bits per heavy atom. The molecule has 0 unspecified atom stereocenters. The highest BCUT2D eigenvalue weighted by molar-refractivity contribution is 7.89. The summed E-state index contributed by atoms with van der Waals surface area (Å²) >= 11 is 0. The number of ether oxygens (including phenoxy) is 2. The molecular weight excluding hydrogens is 483 g/mol. The summed E-state index contributed by atoms with van der Waals surface area (Å²) in [5.41, 5.74) is 1.67. The zero-order valence-corrected chi connectivity index (χ0v) is 21.3. The number of rotatable bonds is 8. The maximum Gasteiger partial charge on any atom is 0.344 e. The number of nitrogens with zero attached hydrogens (tertiary/aromatic N) is 2. The number of benzene rings is 3. The van der Waals surface area contributed by atoms with Crippen LogP contribution >= 0.6 is 0 Å². The molecule has 0 amide bonds. The van der Waals surface area contributed by atoms with Crippen LogP contribution in [0.5, 0.6) is 5.75 Å². The van der Waals surface area contributed by atoms with Crippen LogP contribution in [0.2, 0.25) is 0 Å². The smallest absolute Gasteiger partial charge is 0.344 e. The number of carbonyl (C=O) groups excluding carboxylic acids is 1. The van der Waals surface area contributed by atoms with E-state index in [-0.39, 0.29) is 18.0 Å². The van der Waals surface area contributed by atoms with Gasteiger partial charge in [0.2, 0.25) is 10.0 Å². The lowest BCUT2D eigenvalue weighted by atomic mass is 10.00. The van der Waals surface area contributed by atoms with Gasteiger partial charge in [-0.25, -0.2) is 17.6 Å². The van der Waals surface area contributed by atoms with Gasteiger partial charge < -0.3 is 9.47 Å². The molecule has 0 aliphatic heterocycles. The van der Waals surface area contributed by atoms with E-state index >= 15 is 0 Å². The van der Waals surface area contributed by atoms with Crippen LogP contribution < -0.4 is 4.74 Å². The Hall–Kier alpha value is -3.74. The average Bonchev–Trinajstić information content (AvgIpc) is 2.82. The molecule has 0 atom stereocenters. The molecule has 3 aromatic rings. The highest BCUT2D eigenvalue weighted by Gasteiger charge is 2.22. The number of hydrogen-bond donors (Lipinski definition) is 0. The van der Waals surface area contributed by atoms with Crippen LogP contribution in [-0.2, 0) is 26.1 Å². The van der Waals surface area contributed by atoms with Gasteiger partial charge in [0.25, 0.3) is 0 Å². The van der Waals surface area contributed by atoms with Crippen LogP contribution in [0.3, 0.4) is 0 Å². The molecule has 0 heterocycles. The van der Waals surface area contributed by atoms with Gasteiger partial charge in [-0.15, -0.1) is 0 Å². The highest BCUT2D eigenvalue weighted by Crippen LogP contribution is 2.32. The standard InChI is InChI=1S/C27H27FN2O5S/c1-27(2,3)35-26(31)18-34-25-13-8-20(15-24(25)21-7-5-6-19(14-21)16-29)17-30(4)36(32,33)23-11-9-22(28)10-12-23/h5-15H,17-18H2,1-4H3. The van der Waals surface area contributed by atoms with Crippen molar-refractivity contribution in [2.45, 2.75) is 37.8 Å². The van der Waals surface area contributed by atoms with Gasteiger partial charge in [-0.1, -0.05) is 18.2 Å². The van der Waals surface area contributed by atoms with Gasteiger partial charge in [0.05, 0.1) is 16.5 Å². The first kappa shape index (κ1) is 26.9. The largest absolute Gasteiger partial charge is 0.481 e. The molecule has 9 heteroatoms. The van der Waals surface area contributed by atoms with E-state index in [1.54, 1.807) is 63.2 Å². The Bertz CT molecular complexity index is 1390. The van der Waals surface area contributed by atoms with Crippen molar-refractivity contribution >= 4 is 16.0 Å². The molecule has 0 saturated carbocycles. The second-order valence-electron chi connectivity index (χ2n) is 9.11. The minimum absolute atomic E-state index is 0.0225. The lowest BCUT2D eigenvalue weighted by Gasteiger charge is -2.21. The molecule has 3 rings (SSSR count).